The quantitative estimate of drug-likeness (QED) is 0.122. The van der Waals surface area contributed by atoms with Gasteiger partial charge in [-0.25, -0.2) is 8.42 Å². The second-order valence-electron chi connectivity index (χ2n) is 11.6. The van der Waals surface area contributed by atoms with Gasteiger partial charge in [0.1, 0.15) is 18.3 Å². The first-order valence-corrected chi connectivity index (χ1v) is 19.2. The summed E-state index contributed by atoms with van der Waals surface area (Å²) in [5.74, 6) is -0.0542. The third kappa shape index (κ3) is 10.1. The molecule has 0 spiro atoms. The van der Waals surface area contributed by atoms with Crippen LogP contribution in [0.15, 0.2) is 117 Å². The molecule has 0 bridgehead atoms. The number of amides is 2. The van der Waals surface area contributed by atoms with Crippen molar-refractivity contribution in [3.05, 3.63) is 119 Å². The highest BCUT2D eigenvalue weighted by Gasteiger charge is 2.34. The Labute approximate surface area is 297 Å². The predicted octanol–water partition coefficient (Wildman–Crippen LogP) is 7.18. The molecule has 0 aliphatic rings. The molecule has 0 saturated heterocycles. The van der Waals surface area contributed by atoms with Crippen molar-refractivity contribution in [2.75, 3.05) is 30.3 Å². The average Bonchev–Trinajstić information content (AvgIpc) is 3.08. The van der Waals surface area contributed by atoms with Crippen molar-refractivity contribution in [3.63, 3.8) is 0 Å². The molecule has 1 N–H and O–H groups in total. The Morgan fingerprint density at radius 1 is 0.896 bits per heavy atom. The lowest BCUT2D eigenvalue weighted by Crippen LogP contribution is -2.53. The molecule has 4 aromatic carbocycles. The summed E-state index contributed by atoms with van der Waals surface area (Å²) in [6.45, 7) is 6.31. The van der Waals surface area contributed by atoms with Gasteiger partial charge in [0, 0.05) is 28.9 Å². The van der Waals surface area contributed by atoms with Gasteiger partial charge in [0.2, 0.25) is 11.8 Å². The number of hydrogen-bond acceptors (Lipinski definition) is 6. The van der Waals surface area contributed by atoms with Crippen LogP contribution < -0.4 is 14.4 Å². The van der Waals surface area contributed by atoms with Crippen LogP contribution in [0.5, 0.6) is 5.75 Å². The maximum absolute atomic E-state index is 14.6. The molecule has 0 fully saturated rings. The lowest BCUT2D eigenvalue weighted by Gasteiger charge is -2.34. The highest BCUT2D eigenvalue weighted by atomic mass is 79.9. The van der Waals surface area contributed by atoms with Crippen molar-refractivity contribution >= 4 is 55.2 Å². The smallest absolute Gasteiger partial charge is 0.264 e. The van der Waals surface area contributed by atoms with Crippen molar-refractivity contribution in [3.8, 4) is 5.75 Å². The highest BCUT2D eigenvalue weighted by Crippen LogP contribution is 2.28. The normalized spacial score (nSPS) is 12.0. The van der Waals surface area contributed by atoms with E-state index in [1.807, 2.05) is 81.6 Å². The molecule has 48 heavy (non-hydrogen) atoms. The van der Waals surface area contributed by atoms with Crippen LogP contribution in [0.2, 0.25) is 0 Å². The molecule has 0 aromatic heterocycles. The van der Waals surface area contributed by atoms with Crippen molar-refractivity contribution in [2.24, 2.45) is 5.92 Å². The van der Waals surface area contributed by atoms with Crippen LogP contribution in [0.3, 0.4) is 0 Å². The van der Waals surface area contributed by atoms with Gasteiger partial charge in [0.25, 0.3) is 10.0 Å². The monoisotopic (exact) mass is 751 g/mol. The molecule has 0 radical (unpaired) electrons. The summed E-state index contributed by atoms with van der Waals surface area (Å²) in [4.78, 5) is 31.0. The van der Waals surface area contributed by atoms with E-state index < -0.39 is 28.5 Å². The summed E-state index contributed by atoms with van der Waals surface area (Å²) >= 11 is 5.02. The molecular formula is C37H42BrN3O5S2. The molecule has 8 nitrogen and oxygen atoms in total. The molecular weight excluding hydrogens is 710 g/mol. The van der Waals surface area contributed by atoms with Crippen molar-refractivity contribution in [1.82, 2.24) is 10.2 Å². The number of thioether (sulfide) groups is 1. The molecule has 4 aromatic rings. The van der Waals surface area contributed by atoms with Gasteiger partial charge in [-0.2, -0.15) is 0 Å². The first kappa shape index (κ1) is 37.0. The maximum Gasteiger partial charge on any atom is 0.264 e. The number of rotatable bonds is 16. The van der Waals surface area contributed by atoms with Crippen molar-refractivity contribution in [1.29, 1.82) is 0 Å². The topological polar surface area (TPSA) is 96.0 Å². The number of nitrogens with one attached hydrogen (secondary N) is 1. The van der Waals surface area contributed by atoms with Gasteiger partial charge in [0.15, 0.2) is 0 Å². The number of nitrogens with zero attached hydrogens (tertiary/aromatic N) is 2. The Balaban J connectivity index is 1.80. The van der Waals surface area contributed by atoms with E-state index in [1.165, 1.54) is 16.7 Å². The summed E-state index contributed by atoms with van der Waals surface area (Å²) in [6, 6.07) is 29.3. The van der Waals surface area contributed by atoms with Crippen molar-refractivity contribution < 1.29 is 22.7 Å². The fraction of sp³-hybridized carbons (Fsp3) is 0.297. The van der Waals surface area contributed by atoms with E-state index in [1.54, 1.807) is 48.5 Å². The van der Waals surface area contributed by atoms with E-state index in [0.29, 0.717) is 24.6 Å². The summed E-state index contributed by atoms with van der Waals surface area (Å²) in [5, 5.41) is 3.02. The van der Waals surface area contributed by atoms with Crippen LogP contribution in [0, 0.1) is 5.92 Å². The van der Waals surface area contributed by atoms with E-state index in [4.69, 9.17) is 4.74 Å². The molecule has 1 unspecified atom stereocenters. The molecule has 254 valence electrons. The summed E-state index contributed by atoms with van der Waals surface area (Å²) in [6.07, 6.45) is 2.16. The van der Waals surface area contributed by atoms with E-state index in [9.17, 15) is 18.0 Å². The number of sulfonamides is 1. The number of benzene rings is 4. The molecule has 2 amide bonds. The number of carbonyl (C=O) groups excluding carboxylic acids is 2. The number of anilines is 1. The standard InChI is InChI=1S/C37H42BrN3O5S2/c1-5-46-32-16-14-31(15-17-32)41(48(44,45)34-20-18-33(47-4)19-21-34)26-36(42)40(25-29-12-9-13-30(38)22-29)35(37(43)39-24-27(2)3)23-28-10-7-6-8-11-28/h6-22,27,35H,5,23-26H2,1-4H3,(H,39,43). The Kier molecular flexibility index (Phi) is 13.5. The summed E-state index contributed by atoms with van der Waals surface area (Å²) < 4.78 is 36.1. The third-order valence-electron chi connectivity index (χ3n) is 7.56. The van der Waals surface area contributed by atoms with Gasteiger partial charge < -0.3 is 15.0 Å². The minimum absolute atomic E-state index is 0.0519. The molecule has 4 rings (SSSR count). The van der Waals surface area contributed by atoms with Gasteiger partial charge in [-0.05, 0) is 90.9 Å². The number of ether oxygens (including phenoxy) is 1. The van der Waals surface area contributed by atoms with Crippen LogP contribution in [-0.4, -0.2) is 57.1 Å². The Hall–Kier alpha value is -3.80. The molecule has 1 atom stereocenters. The molecule has 0 aliphatic heterocycles. The highest BCUT2D eigenvalue weighted by molar-refractivity contribution is 9.10. The molecule has 0 heterocycles. The van der Waals surface area contributed by atoms with Gasteiger partial charge in [-0.15, -0.1) is 11.8 Å². The second-order valence-corrected chi connectivity index (χ2v) is 15.3. The largest absolute Gasteiger partial charge is 0.494 e. The summed E-state index contributed by atoms with van der Waals surface area (Å²) in [5.41, 5.74) is 1.96. The number of hydrogen-bond donors (Lipinski definition) is 1. The van der Waals surface area contributed by atoms with Crippen LogP contribution in [0.1, 0.15) is 31.9 Å². The Morgan fingerprint density at radius 2 is 1.56 bits per heavy atom. The van der Waals surface area contributed by atoms with E-state index >= 15 is 0 Å². The zero-order valence-corrected chi connectivity index (χ0v) is 30.9. The van der Waals surface area contributed by atoms with Crippen LogP contribution in [0.25, 0.3) is 0 Å². The van der Waals surface area contributed by atoms with Crippen LogP contribution in [-0.2, 0) is 32.6 Å². The lowest BCUT2D eigenvalue weighted by atomic mass is 10.0. The van der Waals surface area contributed by atoms with Crippen molar-refractivity contribution in [2.45, 2.75) is 49.6 Å². The van der Waals surface area contributed by atoms with E-state index in [0.717, 1.165) is 24.8 Å². The third-order valence-corrected chi connectivity index (χ3v) is 10.6. The lowest BCUT2D eigenvalue weighted by molar-refractivity contribution is -0.140. The second kappa shape index (κ2) is 17.6. The summed E-state index contributed by atoms with van der Waals surface area (Å²) in [7, 11) is -4.21. The fourth-order valence-electron chi connectivity index (χ4n) is 5.09. The molecule has 0 saturated carbocycles. The average molecular weight is 753 g/mol. The van der Waals surface area contributed by atoms with E-state index in [2.05, 4.69) is 21.2 Å². The first-order valence-electron chi connectivity index (χ1n) is 15.8. The van der Waals surface area contributed by atoms with Gasteiger partial charge in [-0.1, -0.05) is 72.2 Å². The maximum atomic E-state index is 14.6. The number of carbonyl (C=O) groups is 2. The predicted molar refractivity (Wildman–Crippen MR) is 197 cm³/mol. The van der Waals surface area contributed by atoms with Gasteiger partial charge in [0.05, 0.1) is 17.2 Å². The fourth-order valence-corrected chi connectivity index (χ4v) is 7.36. The minimum Gasteiger partial charge on any atom is -0.494 e. The Morgan fingerprint density at radius 3 is 2.17 bits per heavy atom. The first-order chi connectivity index (χ1) is 23.0. The van der Waals surface area contributed by atoms with Crippen LogP contribution >= 0.6 is 27.7 Å². The van der Waals surface area contributed by atoms with E-state index in [-0.39, 0.29) is 29.7 Å². The molecule has 11 heteroatoms. The zero-order valence-electron chi connectivity index (χ0n) is 27.6. The van der Waals surface area contributed by atoms with Gasteiger partial charge in [-0.3, -0.25) is 13.9 Å². The molecule has 0 aliphatic carbocycles. The number of halogens is 1. The van der Waals surface area contributed by atoms with Gasteiger partial charge >= 0.3 is 0 Å². The minimum atomic E-state index is -4.21. The zero-order chi connectivity index (χ0) is 34.7. The Bertz CT molecular complexity index is 1750. The SMILES string of the molecule is CCOc1ccc(N(CC(=O)N(Cc2cccc(Br)c2)C(Cc2ccccc2)C(=O)NCC(C)C)S(=O)(=O)c2ccc(SC)cc2)cc1. The van der Waals surface area contributed by atoms with Crippen LogP contribution in [0.4, 0.5) is 5.69 Å².